The van der Waals surface area contributed by atoms with Crippen LogP contribution in [0.4, 0.5) is 5.69 Å². The molecular weight excluding hydrogens is 352 g/mol. The Morgan fingerprint density at radius 3 is 2.73 bits per heavy atom. The Hall–Kier alpha value is -2.41. The van der Waals surface area contributed by atoms with Crippen LogP contribution in [-0.4, -0.2) is 36.1 Å². The lowest BCUT2D eigenvalue weighted by molar-refractivity contribution is -0.144. The van der Waals surface area contributed by atoms with Crippen LogP contribution in [0.3, 0.4) is 0 Å². The van der Waals surface area contributed by atoms with E-state index in [1.807, 2.05) is 39.0 Å². The highest BCUT2D eigenvalue weighted by Gasteiger charge is 2.39. The zero-order valence-electron chi connectivity index (χ0n) is 15.5. The van der Waals surface area contributed by atoms with Crippen molar-refractivity contribution in [3.63, 3.8) is 0 Å². The topological polar surface area (TPSA) is 68.7 Å². The number of hydrogen-bond donors (Lipinski definition) is 0. The van der Waals surface area contributed by atoms with Crippen LogP contribution in [-0.2, 0) is 14.3 Å². The molecule has 1 aromatic heterocycles. The summed E-state index contributed by atoms with van der Waals surface area (Å²) in [7, 11) is 1.32. The molecule has 26 heavy (non-hydrogen) atoms. The van der Waals surface area contributed by atoms with Gasteiger partial charge in [0.15, 0.2) is 6.10 Å². The van der Waals surface area contributed by atoms with E-state index >= 15 is 0 Å². The largest absolute Gasteiger partial charge is 0.478 e. The first-order valence-corrected chi connectivity index (χ1v) is 9.35. The van der Waals surface area contributed by atoms with Crippen molar-refractivity contribution in [2.45, 2.75) is 46.3 Å². The summed E-state index contributed by atoms with van der Waals surface area (Å²) < 4.78 is 10.7. The molecule has 2 unspecified atom stereocenters. The van der Waals surface area contributed by atoms with Crippen LogP contribution in [0, 0.1) is 13.8 Å². The summed E-state index contributed by atoms with van der Waals surface area (Å²) in [4.78, 5) is 32.2. The van der Waals surface area contributed by atoms with E-state index in [9.17, 15) is 9.59 Å². The second kappa shape index (κ2) is 7.07. The van der Waals surface area contributed by atoms with Gasteiger partial charge in [0.2, 0.25) is 0 Å². The molecule has 2 atom stereocenters. The average molecular weight is 374 g/mol. The summed E-state index contributed by atoms with van der Waals surface area (Å²) in [6.07, 6.45) is -0.0851. The molecule has 6 nitrogen and oxygen atoms in total. The molecule has 0 aliphatic carbocycles. The minimum Gasteiger partial charge on any atom is -0.478 e. The Bertz CT molecular complexity index is 861. The van der Waals surface area contributed by atoms with Crippen molar-refractivity contribution < 1.29 is 19.1 Å². The van der Waals surface area contributed by atoms with Gasteiger partial charge in [0, 0.05) is 10.4 Å². The van der Waals surface area contributed by atoms with E-state index in [4.69, 9.17) is 9.47 Å². The van der Waals surface area contributed by atoms with Crippen molar-refractivity contribution >= 4 is 28.9 Å². The molecule has 138 valence electrons. The quantitative estimate of drug-likeness (QED) is 0.766. The van der Waals surface area contributed by atoms with Gasteiger partial charge in [-0.3, -0.25) is 9.69 Å². The maximum Gasteiger partial charge on any atom is 0.328 e. The smallest absolute Gasteiger partial charge is 0.328 e. The molecule has 0 radical (unpaired) electrons. The summed E-state index contributed by atoms with van der Waals surface area (Å²) >= 11 is 1.62. The Balaban J connectivity index is 2.12. The molecular formula is C19H22N2O4S. The normalized spacial score (nSPS) is 17.5. The van der Waals surface area contributed by atoms with Crippen molar-refractivity contribution in [2.75, 3.05) is 12.0 Å². The molecule has 1 aliphatic heterocycles. The molecule has 1 aliphatic rings. The molecule has 0 saturated heterocycles. The number of rotatable bonds is 4. The third kappa shape index (κ3) is 3.07. The minimum absolute atomic E-state index is 0.235. The van der Waals surface area contributed by atoms with Gasteiger partial charge < -0.3 is 9.47 Å². The third-order valence-electron chi connectivity index (χ3n) is 4.48. The predicted octanol–water partition coefficient (Wildman–Crippen LogP) is 3.49. The number of hydrogen-bond acceptors (Lipinski definition) is 6. The Morgan fingerprint density at radius 1 is 1.42 bits per heavy atom. The standard InChI is InChI=1S/C19H22N2O4S/c1-6-15-18(22)21(10(2)19(23)24-5)14-9-13(7-8-16(14)25-15)17-11(3)26-12(4)20-17/h7-10,15H,6H2,1-5H3. The maximum atomic E-state index is 12.9. The molecule has 2 aromatic rings. The Kier molecular flexibility index (Phi) is 5.00. The van der Waals surface area contributed by atoms with Crippen LogP contribution < -0.4 is 9.64 Å². The summed E-state index contributed by atoms with van der Waals surface area (Å²) in [5, 5.41) is 0.980. The fraction of sp³-hybridized carbons (Fsp3) is 0.421. The first-order chi connectivity index (χ1) is 12.4. The lowest BCUT2D eigenvalue weighted by atomic mass is 10.0. The summed E-state index contributed by atoms with van der Waals surface area (Å²) in [6, 6.07) is 4.90. The molecule has 1 amide bonds. The lowest BCUT2D eigenvalue weighted by Crippen LogP contribution is -2.52. The van der Waals surface area contributed by atoms with Gasteiger partial charge in [-0.1, -0.05) is 6.92 Å². The SMILES string of the molecule is CCC1Oc2ccc(-c3nc(C)sc3C)cc2N(C(C)C(=O)OC)C1=O. The number of carbonyl (C=O) groups excluding carboxylic acids is 2. The number of carbonyl (C=O) groups is 2. The first kappa shape index (κ1) is 18.4. The van der Waals surface area contributed by atoms with Crippen molar-refractivity contribution in [1.29, 1.82) is 0 Å². The second-order valence-corrected chi connectivity index (χ2v) is 7.65. The molecule has 0 N–H and O–H groups in total. The van der Waals surface area contributed by atoms with Gasteiger partial charge in [0.05, 0.1) is 23.5 Å². The molecule has 1 aromatic carbocycles. The third-order valence-corrected chi connectivity index (χ3v) is 5.36. The van der Waals surface area contributed by atoms with Crippen LogP contribution in [0.25, 0.3) is 11.3 Å². The van der Waals surface area contributed by atoms with Crippen molar-refractivity contribution in [2.24, 2.45) is 0 Å². The van der Waals surface area contributed by atoms with Crippen LogP contribution >= 0.6 is 11.3 Å². The summed E-state index contributed by atoms with van der Waals surface area (Å²) in [5.74, 6) is -0.117. The minimum atomic E-state index is -0.738. The fourth-order valence-corrected chi connectivity index (χ4v) is 4.00. The van der Waals surface area contributed by atoms with Crippen molar-refractivity contribution in [1.82, 2.24) is 4.98 Å². The van der Waals surface area contributed by atoms with E-state index in [1.165, 1.54) is 12.0 Å². The van der Waals surface area contributed by atoms with Gasteiger partial charge >= 0.3 is 5.97 Å². The number of benzene rings is 1. The summed E-state index contributed by atoms with van der Waals surface area (Å²) in [5.41, 5.74) is 2.34. The predicted molar refractivity (Wildman–Crippen MR) is 101 cm³/mol. The van der Waals surface area contributed by atoms with E-state index in [0.29, 0.717) is 17.9 Å². The van der Waals surface area contributed by atoms with Crippen molar-refractivity contribution in [3.05, 3.63) is 28.1 Å². The second-order valence-electron chi connectivity index (χ2n) is 6.24. The molecule has 2 heterocycles. The van der Waals surface area contributed by atoms with Crippen LogP contribution in [0.15, 0.2) is 18.2 Å². The molecule has 0 spiro atoms. The maximum absolute atomic E-state index is 12.9. The number of aromatic nitrogens is 1. The van der Waals surface area contributed by atoms with Gasteiger partial charge in [-0.2, -0.15) is 0 Å². The molecule has 0 bridgehead atoms. The Labute approximate surface area is 156 Å². The van der Waals surface area contributed by atoms with E-state index in [2.05, 4.69) is 4.98 Å². The lowest BCUT2D eigenvalue weighted by Gasteiger charge is -2.36. The van der Waals surface area contributed by atoms with Gasteiger partial charge in [-0.15, -0.1) is 11.3 Å². The highest BCUT2D eigenvalue weighted by molar-refractivity contribution is 7.11. The number of nitrogens with zero attached hydrogens (tertiary/aromatic N) is 2. The van der Waals surface area contributed by atoms with Gasteiger partial charge in [-0.25, -0.2) is 9.78 Å². The number of ether oxygens (including phenoxy) is 2. The highest BCUT2D eigenvalue weighted by Crippen LogP contribution is 2.40. The zero-order valence-corrected chi connectivity index (χ0v) is 16.3. The van der Waals surface area contributed by atoms with Crippen molar-refractivity contribution in [3.8, 4) is 17.0 Å². The van der Waals surface area contributed by atoms with Crippen LogP contribution in [0.5, 0.6) is 5.75 Å². The van der Waals surface area contributed by atoms with Gasteiger partial charge in [-0.05, 0) is 45.4 Å². The number of esters is 1. The Morgan fingerprint density at radius 2 is 2.15 bits per heavy atom. The van der Waals surface area contributed by atoms with Gasteiger partial charge in [0.1, 0.15) is 11.8 Å². The number of anilines is 1. The molecule has 0 saturated carbocycles. The van der Waals surface area contributed by atoms with E-state index < -0.39 is 18.1 Å². The number of amides is 1. The van der Waals surface area contributed by atoms with Crippen LogP contribution in [0.1, 0.15) is 30.2 Å². The summed E-state index contributed by atoms with van der Waals surface area (Å²) in [6.45, 7) is 7.52. The fourth-order valence-electron chi connectivity index (χ4n) is 3.16. The van der Waals surface area contributed by atoms with E-state index in [1.54, 1.807) is 18.3 Å². The van der Waals surface area contributed by atoms with E-state index in [-0.39, 0.29) is 5.91 Å². The molecule has 0 fully saturated rings. The van der Waals surface area contributed by atoms with E-state index in [0.717, 1.165) is 21.1 Å². The monoisotopic (exact) mass is 374 g/mol. The number of methoxy groups -OCH3 is 1. The zero-order chi connectivity index (χ0) is 19.0. The number of aryl methyl sites for hydroxylation is 2. The average Bonchev–Trinajstić information content (AvgIpc) is 2.97. The highest BCUT2D eigenvalue weighted by atomic mass is 32.1. The number of thiazole rings is 1. The number of fused-ring (bicyclic) bond motifs is 1. The first-order valence-electron chi connectivity index (χ1n) is 8.53. The molecule has 3 rings (SSSR count). The van der Waals surface area contributed by atoms with Gasteiger partial charge in [0.25, 0.3) is 5.91 Å². The van der Waals surface area contributed by atoms with Crippen LogP contribution in [0.2, 0.25) is 0 Å². The molecule has 7 heteroatoms.